The van der Waals surface area contributed by atoms with E-state index in [-0.39, 0.29) is 13.2 Å². The molecule has 3 heterocycles. The van der Waals surface area contributed by atoms with Crippen molar-refractivity contribution in [1.29, 1.82) is 0 Å². The lowest BCUT2D eigenvalue weighted by Crippen LogP contribution is -2.36. The van der Waals surface area contributed by atoms with Crippen molar-refractivity contribution in [1.82, 2.24) is 19.8 Å². The van der Waals surface area contributed by atoms with E-state index < -0.39 is 29.8 Å². The Morgan fingerprint density at radius 3 is 2.70 bits per heavy atom. The molecule has 172 valence electrons. The second-order valence-corrected chi connectivity index (χ2v) is 7.80. The van der Waals surface area contributed by atoms with Gasteiger partial charge in [0.2, 0.25) is 0 Å². The van der Waals surface area contributed by atoms with Gasteiger partial charge in [-0.1, -0.05) is 12.1 Å². The fraction of sp³-hybridized carbons (Fsp3) is 0.261. The Bertz CT molecular complexity index is 1150. The quantitative estimate of drug-likeness (QED) is 0.422. The molecule has 2 atom stereocenters. The van der Waals surface area contributed by atoms with E-state index in [4.69, 9.17) is 17.0 Å². The second-order valence-electron chi connectivity index (χ2n) is 7.41. The first-order valence-electron chi connectivity index (χ1n) is 10.3. The Morgan fingerprint density at radius 1 is 1.18 bits per heavy atom. The van der Waals surface area contributed by atoms with Crippen LogP contribution in [-0.4, -0.2) is 38.7 Å². The summed E-state index contributed by atoms with van der Waals surface area (Å²) in [4.78, 5) is 18.4. The van der Waals surface area contributed by atoms with Crippen molar-refractivity contribution in [3.8, 4) is 5.69 Å². The van der Waals surface area contributed by atoms with Crippen LogP contribution in [0.5, 0.6) is 0 Å². The summed E-state index contributed by atoms with van der Waals surface area (Å²) < 4.78 is 46.7. The van der Waals surface area contributed by atoms with Crippen LogP contribution in [0.2, 0.25) is 0 Å². The molecular weight excluding hydrogens is 453 g/mol. The molecule has 1 aliphatic rings. The van der Waals surface area contributed by atoms with Gasteiger partial charge in [0.05, 0.1) is 29.9 Å². The molecule has 4 rings (SSSR count). The van der Waals surface area contributed by atoms with Crippen LogP contribution in [0.25, 0.3) is 5.69 Å². The molecule has 1 saturated heterocycles. The number of hydrogen-bond donors (Lipinski definition) is 1. The predicted molar refractivity (Wildman–Crippen MR) is 120 cm³/mol. The van der Waals surface area contributed by atoms with Crippen LogP contribution in [-0.2, 0) is 15.7 Å². The first-order chi connectivity index (χ1) is 15.8. The van der Waals surface area contributed by atoms with Crippen molar-refractivity contribution in [2.75, 3.05) is 13.2 Å². The van der Waals surface area contributed by atoms with Gasteiger partial charge in [-0.25, -0.2) is 0 Å². The monoisotopic (exact) mass is 474 g/mol. The average Bonchev–Trinajstić information content (AvgIpc) is 3.39. The summed E-state index contributed by atoms with van der Waals surface area (Å²) in [6, 6.07) is 13.2. The number of esters is 1. The normalized spacial score (nSPS) is 18.3. The third-order valence-electron chi connectivity index (χ3n) is 5.34. The molecule has 2 aromatic heterocycles. The summed E-state index contributed by atoms with van der Waals surface area (Å²) >= 11 is 5.52. The van der Waals surface area contributed by atoms with E-state index in [0.29, 0.717) is 22.2 Å². The molecule has 1 N–H and O–H groups in total. The van der Waals surface area contributed by atoms with Gasteiger partial charge < -0.3 is 19.5 Å². The molecule has 33 heavy (non-hydrogen) atoms. The van der Waals surface area contributed by atoms with Gasteiger partial charge in [-0.15, -0.1) is 0 Å². The molecule has 6 nitrogen and oxygen atoms in total. The summed E-state index contributed by atoms with van der Waals surface area (Å²) in [7, 11) is 0. The third-order valence-corrected chi connectivity index (χ3v) is 5.69. The van der Waals surface area contributed by atoms with E-state index in [1.54, 1.807) is 53.0 Å². The van der Waals surface area contributed by atoms with E-state index in [9.17, 15) is 18.0 Å². The molecule has 0 aliphatic carbocycles. The minimum atomic E-state index is -4.47. The Morgan fingerprint density at radius 2 is 2.00 bits per heavy atom. The predicted octanol–water partition coefficient (Wildman–Crippen LogP) is 4.43. The smallest absolute Gasteiger partial charge is 0.416 e. The fourth-order valence-corrected chi connectivity index (χ4v) is 4.25. The lowest BCUT2D eigenvalue weighted by atomic mass is 10.0. The highest BCUT2D eigenvalue weighted by Gasteiger charge is 2.42. The van der Waals surface area contributed by atoms with Crippen LogP contribution in [0.3, 0.4) is 0 Å². The summed E-state index contributed by atoms with van der Waals surface area (Å²) in [6.07, 6.45) is -1.13. The number of halogens is 3. The van der Waals surface area contributed by atoms with Gasteiger partial charge in [-0.2, -0.15) is 13.2 Å². The van der Waals surface area contributed by atoms with Crippen molar-refractivity contribution >= 4 is 23.3 Å². The average molecular weight is 475 g/mol. The molecule has 0 spiro atoms. The van der Waals surface area contributed by atoms with Gasteiger partial charge in [0, 0.05) is 23.8 Å². The zero-order chi connectivity index (χ0) is 23.6. The van der Waals surface area contributed by atoms with Crippen LogP contribution >= 0.6 is 12.2 Å². The zero-order valence-electron chi connectivity index (χ0n) is 17.6. The van der Waals surface area contributed by atoms with Crippen molar-refractivity contribution in [2.24, 2.45) is 0 Å². The number of alkyl halides is 3. The molecule has 0 bridgehead atoms. The number of benzene rings is 1. The SMILES string of the molecule is CCOC(=O)CN1C(=S)NC(c2ccccn2)C1c1cccn1-c1cccc(C(F)(F)F)c1. The Labute approximate surface area is 194 Å². The van der Waals surface area contributed by atoms with E-state index in [1.807, 2.05) is 12.1 Å². The van der Waals surface area contributed by atoms with E-state index in [1.165, 1.54) is 6.07 Å². The van der Waals surface area contributed by atoms with E-state index in [0.717, 1.165) is 12.1 Å². The van der Waals surface area contributed by atoms with Gasteiger partial charge >= 0.3 is 12.1 Å². The van der Waals surface area contributed by atoms with Gasteiger partial charge in [-0.05, 0) is 61.6 Å². The molecule has 2 unspecified atom stereocenters. The Hall–Kier alpha value is -3.40. The molecular formula is C23H21F3N4O2S. The number of rotatable bonds is 6. The van der Waals surface area contributed by atoms with Crippen molar-refractivity contribution in [3.63, 3.8) is 0 Å². The van der Waals surface area contributed by atoms with Crippen molar-refractivity contribution in [3.05, 3.63) is 83.9 Å². The number of carbonyl (C=O) groups excluding carboxylic acids is 1. The summed E-state index contributed by atoms with van der Waals surface area (Å²) in [5.41, 5.74) is 0.942. The summed E-state index contributed by atoms with van der Waals surface area (Å²) in [5.74, 6) is -0.453. The molecule has 10 heteroatoms. The first-order valence-corrected chi connectivity index (χ1v) is 10.7. The second kappa shape index (κ2) is 9.22. The maximum absolute atomic E-state index is 13.3. The molecule has 0 saturated carbocycles. The molecule has 1 aliphatic heterocycles. The van der Waals surface area contributed by atoms with Gasteiger partial charge in [0.15, 0.2) is 5.11 Å². The summed E-state index contributed by atoms with van der Waals surface area (Å²) in [6.45, 7) is 1.83. The topological polar surface area (TPSA) is 59.4 Å². The largest absolute Gasteiger partial charge is 0.465 e. The lowest BCUT2D eigenvalue weighted by molar-refractivity contribution is -0.143. The van der Waals surface area contributed by atoms with Gasteiger partial charge in [0.1, 0.15) is 6.54 Å². The highest BCUT2D eigenvalue weighted by Crippen LogP contribution is 2.40. The van der Waals surface area contributed by atoms with Gasteiger partial charge in [-0.3, -0.25) is 9.78 Å². The maximum atomic E-state index is 13.3. The standard InChI is InChI=1S/C23H21F3N4O2S/c1-2-32-19(31)14-30-21(20(28-22(30)33)17-9-3-4-11-27-17)18-10-6-12-29(18)16-8-5-7-15(13-16)23(24,25)26/h3-13,20-21H,2,14H2,1H3,(H,28,33). The molecule has 0 radical (unpaired) electrons. The molecule has 0 amide bonds. The van der Waals surface area contributed by atoms with Crippen LogP contribution in [0.1, 0.15) is 36.0 Å². The minimum Gasteiger partial charge on any atom is -0.465 e. The highest BCUT2D eigenvalue weighted by atomic mass is 32.1. The highest BCUT2D eigenvalue weighted by molar-refractivity contribution is 7.80. The number of carbonyl (C=O) groups is 1. The van der Waals surface area contributed by atoms with Crippen molar-refractivity contribution < 1.29 is 22.7 Å². The van der Waals surface area contributed by atoms with E-state index in [2.05, 4.69) is 10.3 Å². The number of aromatic nitrogens is 2. The molecule has 1 aromatic carbocycles. The number of thiocarbonyl (C=S) groups is 1. The summed E-state index contributed by atoms with van der Waals surface area (Å²) in [5, 5.41) is 3.55. The molecule has 1 fully saturated rings. The lowest BCUT2D eigenvalue weighted by Gasteiger charge is -2.28. The molecule has 3 aromatic rings. The van der Waals surface area contributed by atoms with Crippen LogP contribution in [0.15, 0.2) is 67.0 Å². The van der Waals surface area contributed by atoms with Crippen LogP contribution < -0.4 is 5.32 Å². The third kappa shape index (κ3) is 4.70. The number of ether oxygens (including phenoxy) is 1. The van der Waals surface area contributed by atoms with Gasteiger partial charge in [0.25, 0.3) is 0 Å². The maximum Gasteiger partial charge on any atom is 0.416 e. The number of nitrogens with one attached hydrogen (secondary N) is 1. The number of pyridine rings is 1. The Balaban J connectivity index is 1.79. The zero-order valence-corrected chi connectivity index (χ0v) is 18.4. The Kier molecular flexibility index (Phi) is 6.37. The van der Waals surface area contributed by atoms with Crippen LogP contribution in [0, 0.1) is 0 Å². The van der Waals surface area contributed by atoms with E-state index >= 15 is 0 Å². The minimum absolute atomic E-state index is 0.110. The van der Waals surface area contributed by atoms with Crippen LogP contribution in [0.4, 0.5) is 13.2 Å². The number of nitrogens with zero attached hydrogens (tertiary/aromatic N) is 3. The number of hydrogen-bond acceptors (Lipinski definition) is 4. The fourth-order valence-electron chi connectivity index (χ4n) is 3.95. The first kappa shape index (κ1) is 22.8. The van der Waals surface area contributed by atoms with Crippen molar-refractivity contribution in [2.45, 2.75) is 25.2 Å².